The summed E-state index contributed by atoms with van der Waals surface area (Å²) >= 11 is 3.17. The van der Waals surface area contributed by atoms with Crippen LogP contribution >= 0.6 is 15.9 Å². The third-order valence-corrected chi connectivity index (χ3v) is 6.41. The van der Waals surface area contributed by atoms with Crippen LogP contribution in [-0.4, -0.2) is 55.0 Å². The van der Waals surface area contributed by atoms with Gasteiger partial charge in [0.25, 0.3) is 0 Å². The molecule has 2 aromatic rings. The van der Waals surface area contributed by atoms with Crippen molar-refractivity contribution in [2.45, 2.75) is 52.7 Å². The van der Waals surface area contributed by atoms with Crippen molar-refractivity contribution in [1.29, 1.82) is 0 Å². The third kappa shape index (κ3) is 8.99. The fourth-order valence-electron chi connectivity index (χ4n) is 2.98. The van der Waals surface area contributed by atoms with Crippen LogP contribution in [-0.2, 0) is 9.31 Å². The number of aliphatic hydroxyl groups excluding tert-OH is 2. The van der Waals surface area contributed by atoms with Gasteiger partial charge in [-0.1, -0.05) is 29.8 Å². The zero-order chi connectivity index (χ0) is 27.1. The fraction of sp³-hybridized carbons (Fsp3) is 0.538. The number of aliphatic hydroxyl groups is 2. The van der Waals surface area contributed by atoms with Gasteiger partial charge in [-0.25, -0.2) is 8.78 Å². The Morgan fingerprint density at radius 1 is 0.806 bits per heavy atom. The quantitative estimate of drug-likeness (QED) is 0.423. The lowest BCUT2D eigenvalue weighted by atomic mass is 9.79. The summed E-state index contributed by atoms with van der Waals surface area (Å²) < 4.78 is 50.0. The Kier molecular flexibility index (Phi) is 11.2. The second-order valence-electron chi connectivity index (χ2n) is 10.1. The zero-order valence-electron chi connectivity index (χ0n) is 21.7. The molecule has 2 N–H and O–H groups in total. The molecular formula is C26H36BBrF2O6. The molecule has 0 bridgehead atoms. The summed E-state index contributed by atoms with van der Waals surface area (Å²) in [5.74, 6) is 0.174. The van der Waals surface area contributed by atoms with E-state index in [1.54, 1.807) is 12.1 Å². The normalized spacial score (nSPS) is 17.7. The SMILES string of the molecule is CC(CO)COc1cc(F)cc(B2OC(C)(C)C(C)(C)O2)c1.CC(CO)COc1cc(F)cc(Br)c1. The molecule has 1 aliphatic rings. The minimum atomic E-state index is -0.627. The van der Waals surface area contributed by atoms with Crippen LogP contribution in [0.15, 0.2) is 40.9 Å². The van der Waals surface area contributed by atoms with E-state index in [2.05, 4.69) is 15.9 Å². The van der Waals surface area contributed by atoms with Crippen LogP contribution in [0.25, 0.3) is 0 Å². The van der Waals surface area contributed by atoms with Crippen molar-refractivity contribution in [2.75, 3.05) is 26.4 Å². The van der Waals surface area contributed by atoms with Gasteiger partial charge in [-0.2, -0.15) is 0 Å². The monoisotopic (exact) mass is 572 g/mol. The average Bonchev–Trinajstić information content (AvgIpc) is 3.02. The Morgan fingerprint density at radius 2 is 1.25 bits per heavy atom. The molecule has 0 radical (unpaired) electrons. The molecule has 2 aromatic carbocycles. The lowest BCUT2D eigenvalue weighted by Crippen LogP contribution is -2.41. The maximum absolute atomic E-state index is 13.8. The molecule has 2 unspecified atom stereocenters. The van der Waals surface area contributed by atoms with Gasteiger partial charge in [0.1, 0.15) is 23.1 Å². The smallest absolute Gasteiger partial charge is 0.493 e. The van der Waals surface area contributed by atoms with Gasteiger partial charge in [-0.15, -0.1) is 0 Å². The van der Waals surface area contributed by atoms with Crippen molar-refractivity contribution in [2.24, 2.45) is 11.8 Å². The van der Waals surface area contributed by atoms with Crippen LogP contribution in [0.2, 0.25) is 0 Å². The van der Waals surface area contributed by atoms with Gasteiger partial charge in [-0.3, -0.25) is 0 Å². The van der Waals surface area contributed by atoms with Crippen molar-refractivity contribution in [3.05, 3.63) is 52.5 Å². The molecule has 1 fully saturated rings. The molecule has 3 rings (SSSR count). The topological polar surface area (TPSA) is 77.4 Å². The summed E-state index contributed by atoms with van der Waals surface area (Å²) in [4.78, 5) is 0. The number of hydrogen-bond acceptors (Lipinski definition) is 6. The molecule has 0 saturated carbocycles. The van der Waals surface area contributed by atoms with Crippen LogP contribution in [0.4, 0.5) is 8.78 Å². The molecule has 0 aromatic heterocycles. The Labute approximate surface area is 221 Å². The Bertz CT molecular complexity index is 955. The molecule has 10 heteroatoms. The molecule has 200 valence electrons. The lowest BCUT2D eigenvalue weighted by molar-refractivity contribution is 0.00578. The molecule has 1 heterocycles. The first-order chi connectivity index (χ1) is 16.8. The van der Waals surface area contributed by atoms with Crippen LogP contribution in [0.1, 0.15) is 41.5 Å². The van der Waals surface area contributed by atoms with E-state index in [0.717, 1.165) is 0 Å². The Balaban J connectivity index is 0.000000281. The van der Waals surface area contributed by atoms with Gasteiger partial charge in [0.15, 0.2) is 0 Å². The molecule has 0 amide bonds. The second kappa shape index (κ2) is 13.2. The molecule has 1 saturated heterocycles. The zero-order valence-corrected chi connectivity index (χ0v) is 23.3. The van der Waals surface area contributed by atoms with Crippen molar-refractivity contribution in [1.82, 2.24) is 0 Å². The van der Waals surface area contributed by atoms with Gasteiger partial charge in [0, 0.05) is 41.7 Å². The molecule has 0 aliphatic carbocycles. The first kappa shape index (κ1) is 30.5. The fourth-order valence-corrected chi connectivity index (χ4v) is 3.42. The predicted octanol–water partition coefficient (Wildman–Crippen LogP) is 4.73. The van der Waals surface area contributed by atoms with Gasteiger partial charge in [-0.05, 0) is 57.4 Å². The van der Waals surface area contributed by atoms with Crippen LogP contribution < -0.4 is 14.9 Å². The highest BCUT2D eigenvalue weighted by molar-refractivity contribution is 9.10. The Hall–Kier alpha value is -1.72. The van der Waals surface area contributed by atoms with E-state index in [9.17, 15) is 8.78 Å². The number of ether oxygens (including phenoxy) is 2. The summed E-state index contributed by atoms with van der Waals surface area (Å²) in [7, 11) is -0.627. The van der Waals surface area contributed by atoms with Gasteiger partial charge in [0.05, 0.1) is 24.4 Å². The van der Waals surface area contributed by atoms with Crippen molar-refractivity contribution in [3.8, 4) is 11.5 Å². The van der Waals surface area contributed by atoms with Gasteiger partial charge < -0.3 is 29.0 Å². The highest BCUT2D eigenvalue weighted by atomic mass is 79.9. The number of benzene rings is 2. The summed E-state index contributed by atoms with van der Waals surface area (Å²) in [6.07, 6.45) is 0. The first-order valence-corrected chi connectivity index (χ1v) is 12.6. The van der Waals surface area contributed by atoms with Crippen LogP contribution in [0, 0.1) is 23.5 Å². The highest BCUT2D eigenvalue weighted by Crippen LogP contribution is 2.36. The summed E-state index contributed by atoms with van der Waals surface area (Å²) in [5, 5.41) is 17.8. The van der Waals surface area contributed by atoms with E-state index in [4.69, 9.17) is 29.0 Å². The predicted molar refractivity (Wildman–Crippen MR) is 140 cm³/mol. The summed E-state index contributed by atoms with van der Waals surface area (Å²) in [6, 6.07) is 8.79. The minimum absolute atomic E-state index is 0.0106. The molecule has 6 nitrogen and oxygen atoms in total. The van der Waals surface area contributed by atoms with Crippen molar-refractivity contribution < 1.29 is 37.8 Å². The molecule has 0 spiro atoms. The number of halogens is 3. The highest BCUT2D eigenvalue weighted by Gasteiger charge is 2.51. The van der Waals surface area contributed by atoms with Gasteiger partial charge in [0.2, 0.25) is 0 Å². The molecule has 2 atom stereocenters. The summed E-state index contributed by atoms with van der Waals surface area (Å²) in [5.41, 5.74) is -0.363. The van der Waals surface area contributed by atoms with Crippen molar-refractivity contribution >= 4 is 28.5 Å². The first-order valence-electron chi connectivity index (χ1n) is 11.9. The van der Waals surface area contributed by atoms with E-state index >= 15 is 0 Å². The summed E-state index contributed by atoms with van der Waals surface area (Å²) in [6.45, 7) is 12.3. The molecule has 1 aliphatic heterocycles. The van der Waals surface area contributed by atoms with Crippen molar-refractivity contribution in [3.63, 3.8) is 0 Å². The standard InChI is InChI=1S/C16H24BFO4.C10H12BrFO2/c1-11(9-19)10-20-14-7-12(6-13(18)8-14)17-21-15(2,3)16(4,5)22-17;1-7(5-13)6-14-10-3-8(11)2-9(12)4-10/h6-8,11,19H,9-10H2,1-5H3;2-4,7,13H,5-6H2,1H3. The maximum Gasteiger partial charge on any atom is 0.495 e. The number of rotatable bonds is 9. The van der Waals surface area contributed by atoms with Gasteiger partial charge >= 0.3 is 7.12 Å². The maximum atomic E-state index is 13.8. The number of hydrogen-bond donors (Lipinski definition) is 2. The second-order valence-corrected chi connectivity index (χ2v) is 11.0. The largest absolute Gasteiger partial charge is 0.495 e. The van der Waals surface area contributed by atoms with Crippen LogP contribution in [0.5, 0.6) is 11.5 Å². The average molecular weight is 573 g/mol. The molecular weight excluding hydrogens is 537 g/mol. The minimum Gasteiger partial charge on any atom is -0.493 e. The van der Waals surface area contributed by atoms with E-state index in [1.807, 2.05) is 41.5 Å². The third-order valence-electron chi connectivity index (χ3n) is 5.95. The van der Waals surface area contributed by atoms with E-state index in [-0.39, 0.29) is 30.9 Å². The lowest BCUT2D eigenvalue weighted by Gasteiger charge is -2.32. The van der Waals surface area contributed by atoms with E-state index in [1.165, 1.54) is 24.3 Å². The van der Waals surface area contributed by atoms with E-state index < -0.39 is 24.1 Å². The molecule has 36 heavy (non-hydrogen) atoms. The van der Waals surface area contributed by atoms with Crippen LogP contribution in [0.3, 0.4) is 0 Å². The van der Waals surface area contributed by atoms with E-state index in [0.29, 0.717) is 34.6 Å². The Morgan fingerprint density at radius 3 is 1.69 bits per heavy atom.